The van der Waals surface area contributed by atoms with Crippen molar-refractivity contribution < 1.29 is 14.3 Å². The third-order valence-electron chi connectivity index (χ3n) is 3.15. The molecule has 3 heteroatoms. The Morgan fingerprint density at radius 3 is 2.71 bits per heavy atom. The number of hydrogen-bond acceptors (Lipinski definition) is 3. The topological polar surface area (TPSA) is 35.5 Å². The van der Waals surface area contributed by atoms with Gasteiger partial charge in [-0.15, -0.1) is 0 Å². The van der Waals surface area contributed by atoms with Gasteiger partial charge < -0.3 is 9.47 Å². The van der Waals surface area contributed by atoms with Gasteiger partial charge in [0.1, 0.15) is 6.10 Å². The van der Waals surface area contributed by atoms with Gasteiger partial charge in [0, 0.05) is 6.42 Å². The molecule has 1 aromatic rings. The van der Waals surface area contributed by atoms with Crippen LogP contribution in [0.15, 0.2) is 30.3 Å². The van der Waals surface area contributed by atoms with Gasteiger partial charge in [-0.2, -0.15) is 0 Å². The first-order valence-corrected chi connectivity index (χ1v) is 6.13. The van der Waals surface area contributed by atoms with Crippen LogP contribution in [0.3, 0.4) is 0 Å². The monoisotopic (exact) mass is 234 g/mol. The third kappa shape index (κ3) is 3.86. The van der Waals surface area contributed by atoms with Crippen molar-refractivity contribution in [1.82, 2.24) is 0 Å². The summed E-state index contributed by atoms with van der Waals surface area (Å²) in [5, 5.41) is 0. The minimum atomic E-state index is 0.0435. The van der Waals surface area contributed by atoms with Gasteiger partial charge in [-0.1, -0.05) is 30.3 Å². The van der Waals surface area contributed by atoms with E-state index in [-0.39, 0.29) is 12.2 Å². The van der Waals surface area contributed by atoms with Crippen LogP contribution in [0.2, 0.25) is 0 Å². The van der Waals surface area contributed by atoms with Crippen molar-refractivity contribution in [2.75, 3.05) is 0 Å². The molecule has 2 rings (SSSR count). The van der Waals surface area contributed by atoms with E-state index in [0.29, 0.717) is 13.1 Å². The lowest BCUT2D eigenvalue weighted by atomic mass is 9.95. The zero-order valence-electron chi connectivity index (χ0n) is 9.88. The lowest BCUT2D eigenvalue weighted by molar-refractivity contribution is -0.137. The average molecular weight is 234 g/mol. The van der Waals surface area contributed by atoms with Crippen LogP contribution in [0.25, 0.3) is 0 Å². The lowest BCUT2D eigenvalue weighted by Gasteiger charge is -2.27. The zero-order chi connectivity index (χ0) is 11.9. The van der Waals surface area contributed by atoms with Crippen LogP contribution in [0.5, 0.6) is 0 Å². The number of carbonyl (C=O) groups excluding carboxylic acids is 1. The van der Waals surface area contributed by atoms with Crippen LogP contribution in [-0.2, 0) is 20.9 Å². The molecule has 17 heavy (non-hydrogen) atoms. The van der Waals surface area contributed by atoms with Gasteiger partial charge in [0.2, 0.25) is 0 Å². The Bertz CT molecular complexity index is 337. The molecule has 2 unspecified atom stereocenters. The second-order valence-corrected chi connectivity index (χ2v) is 4.44. The van der Waals surface area contributed by atoms with E-state index in [1.165, 1.54) is 5.56 Å². The average Bonchev–Trinajstić information content (AvgIpc) is 2.39. The van der Waals surface area contributed by atoms with Crippen LogP contribution < -0.4 is 0 Å². The van der Waals surface area contributed by atoms with Gasteiger partial charge in [0.15, 0.2) is 0 Å². The van der Waals surface area contributed by atoms with Crippen molar-refractivity contribution >= 4 is 6.47 Å². The molecule has 0 bridgehead atoms. The molecular formula is C14H18O3. The van der Waals surface area contributed by atoms with E-state index < -0.39 is 0 Å². The van der Waals surface area contributed by atoms with Gasteiger partial charge in [-0.05, 0) is 24.8 Å². The fraction of sp³-hybridized carbons (Fsp3) is 0.500. The Balaban J connectivity index is 1.77. The quantitative estimate of drug-likeness (QED) is 0.735. The second-order valence-electron chi connectivity index (χ2n) is 4.44. The molecule has 1 saturated carbocycles. The molecule has 1 aromatic carbocycles. The van der Waals surface area contributed by atoms with Crippen LogP contribution in [0.4, 0.5) is 0 Å². The highest BCUT2D eigenvalue weighted by atomic mass is 16.5. The summed E-state index contributed by atoms with van der Waals surface area (Å²) in [6, 6.07) is 10.1. The third-order valence-corrected chi connectivity index (χ3v) is 3.15. The fourth-order valence-electron chi connectivity index (χ4n) is 2.24. The Labute approximate surface area is 102 Å². The first-order valence-electron chi connectivity index (χ1n) is 6.13. The Morgan fingerprint density at radius 2 is 1.94 bits per heavy atom. The summed E-state index contributed by atoms with van der Waals surface area (Å²) in [6.07, 6.45) is 4.18. The highest BCUT2D eigenvalue weighted by Crippen LogP contribution is 2.23. The smallest absolute Gasteiger partial charge is 0.293 e. The van der Waals surface area contributed by atoms with Gasteiger partial charge in [0.05, 0.1) is 12.7 Å². The maximum atomic E-state index is 10.3. The predicted molar refractivity (Wildman–Crippen MR) is 64.4 cm³/mol. The van der Waals surface area contributed by atoms with Crippen molar-refractivity contribution in [3.63, 3.8) is 0 Å². The van der Waals surface area contributed by atoms with Gasteiger partial charge in [-0.25, -0.2) is 0 Å². The maximum absolute atomic E-state index is 10.3. The van der Waals surface area contributed by atoms with E-state index in [1.54, 1.807) is 0 Å². The molecule has 0 amide bonds. The molecule has 92 valence electrons. The molecule has 0 aromatic heterocycles. The number of hydrogen-bond donors (Lipinski definition) is 0. The van der Waals surface area contributed by atoms with Gasteiger partial charge in [-0.3, -0.25) is 4.79 Å². The standard InChI is InChI=1S/C14H18O3/c15-11-17-14-8-4-7-13(9-14)16-10-12-5-2-1-3-6-12/h1-3,5-6,11,13-14H,4,7-10H2. The molecule has 0 saturated heterocycles. The van der Waals surface area contributed by atoms with Crippen LogP contribution in [0, 0.1) is 0 Å². The lowest BCUT2D eigenvalue weighted by Crippen LogP contribution is -2.27. The van der Waals surface area contributed by atoms with Crippen LogP contribution in [0.1, 0.15) is 31.2 Å². The van der Waals surface area contributed by atoms with E-state index >= 15 is 0 Å². The molecule has 0 radical (unpaired) electrons. The first-order chi connectivity index (χ1) is 8.38. The normalized spacial score (nSPS) is 24.2. The molecule has 0 aliphatic heterocycles. The fourth-order valence-corrected chi connectivity index (χ4v) is 2.24. The summed E-state index contributed by atoms with van der Waals surface area (Å²) in [5.41, 5.74) is 1.19. The minimum Gasteiger partial charge on any atom is -0.464 e. The van der Waals surface area contributed by atoms with E-state index in [1.807, 2.05) is 18.2 Å². The minimum absolute atomic E-state index is 0.0435. The molecule has 0 N–H and O–H groups in total. The second kappa shape index (κ2) is 6.40. The van der Waals surface area contributed by atoms with Crippen molar-refractivity contribution in [1.29, 1.82) is 0 Å². The Morgan fingerprint density at radius 1 is 1.18 bits per heavy atom. The molecule has 0 spiro atoms. The molecule has 1 fully saturated rings. The number of rotatable bonds is 5. The summed E-state index contributed by atoms with van der Waals surface area (Å²) in [7, 11) is 0. The SMILES string of the molecule is O=COC1CCCC(OCc2ccccc2)C1. The van der Waals surface area contributed by atoms with Crippen LogP contribution >= 0.6 is 0 Å². The van der Waals surface area contributed by atoms with Gasteiger partial charge >= 0.3 is 0 Å². The van der Waals surface area contributed by atoms with Crippen LogP contribution in [-0.4, -0.2) is 18.7 Å². The number of benzene rings is 1. The molecule has 1 aliphatic rings. The van der Waals surface area contributed by atoms with Crippen molar-refractivity contribution in [3.05, 3.63) is 35.9 Å². The highest BCUT2D eigenvalue weighted by molar-refractivity contribution is 5.37. The molecule has 0 heterocycles. The summed E-state index contributed by atoms with van der Waals surface area (Å²) in [5.74, 6) is 0. The van der Waals surface area contributed by atoms with E-state index in [4.69, 9.17) is 9.47 Å². The highest BCUT2D eigenvalue weighted by Gasteiger charge is 2.23. The molecule has 3 nitrogen and oxygen atoms in total. The zero-order valence-corrected chi connectivity index (χ0v) is 9.88. The van der Waals surface area contributed by atoms with E-state index in [2.05, 4.69) is 12.1 Å². The number of carbonyl (C=O) groups is 1. The summed E-state index contributed by atoms with van der Waals surface area (Å²) < 4.78 is 10.9. The number of ether oxygens (including phenoxy) is 2. The Hall–Kier alpha value is -1.35. The predicted octanol–water partition coefficient (Wildman–Crippen LogP) is 2.69. The Kier molecular flexibility index (Phi) is 4.56. The summed E-state index contributed by atoms with van der Waals surface area (Å²) in [6.45, 7) is 1.18. The van der Waals surface area contributed by atoms with Gasteiger partial charge in [0.25, 0.3) is 6.47 Å². The first kappa shape index (κ1) is 12.1. The van der Waals surface area contributed by atoms with E-state index in [0.717, 1.165) is 25.7 Å². The summed E-state index contributed by atoms with van der Waals surface area (Å²) >= 11 is 0. The van der Waals surface area contributed by atoms with Crippen molar-refractivity contribution in [3.8, 4) is 0 Å². The maximum Gasteiger partial charge on any atom is 0.293 e. The molecular weight excluding hydrogens is 216 g/mol. The van der Waals surface area contributed by atoms with Crippen molar-refractivity contribution in [2.24, 2.45) is 0 Å². The largest absolute Gasteiger partial charge is 0.464 e. The van der Waals surface area contributed by atoms with E-state index in [9.17, 15) is 4.79 Å². The summed E-state index contributed by atoms with van der Waals surface area (Å²) in [4.78, 5) is 10.3. The molecule has 2 atom stereocenters. The molecule has 1 aliphatic carbocycles. The van der Waals surface area contributed by atoms with Crippen molar-refractivity contribution in [2.45, 2.75) is 44.5 Å².